The van der Waals surface area contributed by atoms with Gasteiger partial charge in [-0.2, -0.15) is 5.10 Å². The molecule has 6 nitrogen and oxygen atoms in total. The molecule has 1 aliphatic rings. The maximum absolute atomic E-state index is 12.2. The van der Waals surface area contributed by atoms with Gasteiger partial charge in [-0.1, -0.05) is 44.2 Å². The number of anilines is 1. The van der Waals surface area contributed by atoms with E-state index in [1.807, 2.05) is 30.3 Å². The molecule has 0 radical (unpaired) electrons. The lowest BCUT2D eigenvalue weighted by Gasteiger charge is -2.02. The molecule has 0 saturated heterocycles. The molecule has 1 aliphatic carbocycles. The summed E-state index contributed by atoms with van der Waals surface area (Å²) in [6.45, 7) is 3.58. The fourth-order valence-corrected chi connectivity index (χ4v) is 2.94. The molecule has 0 unspecified atom stereocenters. The summed E-state index contributed by atoms with van der Waals surface area (Å²) >= 11 is 0. The SMILES string of the molecule is CC1(C)[C@H](C(=O)Nc2cc(-c3ccccc3)[nH]n2)[C@@H]1C(=O)O. The zero-order chi connectivity index (χ0) is 15.9. The van der Waals surface area contributed by atoms with E-state index in [9.17, 15) is 9.59 Å². The fraction of sp³-hybridized carbons (Fsp3) is 0.312. The first kappa shape index (κ1) is 14.3. The van der Waals surface area contributed by atoms with Gasteiger partial charge in [0.2, 0.25) is 5.91 Å². The second-order valence-electron chi connectivity index (χ2n) is 6.14. The van der Waals surface area contributed by atoms with Crippen LogP contribution in [0.25, 0.3) is 11.3 Å². The summed E-state index contributed by atoms with van der Waals surface area (Å²) in [5, 5.41) is 18.7. The van der Waals surface area contributed by atoms with Crippen molar-refractivity contribution >= 4 is 17.7 Å². The Kier molecular flexibility index (Phi) is 3.24. The van der Waals surface area contributed by atoms with Gasteiger partial charge in [-0.05, 0) is 11.0 Å². The predicted octanol–water partition coefficient (Wildman–Crippen LogP) is 2.37. The third-order valence-electron chi connectivity index (χ3n) is 4.29. The van der Waals surface area contributed by atoms with Crippen LogP contribution < -0.4 is 5.32 Å². The third-order valence-corrected chi connectivity index (χ3v) is 4.29. The van der Waals surface area contributed by atoms with Crippen molar-refractivity contribution in [1.82, 2.24) is 10.2 Å². The molecular formula is C16H17N3O3. The Morgan fingerprint density at radius 3 is 2.50 bits per heavy atom. The molecule has 6 heteroatoms. The highest BCUT2D eigenvalue weighted by Gasteiger charge is 2.65. The number of amides is 1. The molecule has 3 N–H and O–H groups in total. The molecule has 1 aromatic heterocycles. The van der Waals surface area contributed by atoms with E-state index in [1.54, 1.807) is 19.9 Å². The number of aromatic nitrogens is 2. The van der Waals surface area contributed by atoms with E-state index in [0.717, 1.165) is 11.3 Å². The van der Waals surface area contributed by atoms with Crippen molar-refractivity contribution in [3.05, 3.63) is 36.4 Å². The first-order valence-corrected chi connectivity index (χ1v) is 7.06. The normalized spacial score (nSPS) is 22.1. The number of hydrogen-bond donors (Lipinski definition) is 3. The number of nitrogens with one attached hydrogen (secondary N) is 2. The van der Waals surface area contributed by atoms with Crippen molar-refractivity contribution in [2.75, 3.05) is 5.32 Å². The van der Waals surface area contributed by atoms with Gasteiger partial charge in [0.1, 0.15) is 0 Å². The minimum Gasteiger partial charge on any atom is -0.481 e. The molecule has 1 aromatic carbocycles. The van der Waals surface area contributed by atoms with E-state index in [1.165, 1.54) is 0 Å². The summed E-state index contributed by atoms with van der Waals surface area (Å²) in [5.41, 5.74) is 1.24. The molecule has 2 aromatic rings. The van der Waals surface area contributed by atoms with Crippen LogP contribution in [0.1, 0.15) is 13.8 Å². The number of carbonyl (C=O) groups is 2. The van der Waals surface area contributed by atoms with E-state index in [4.69, 9.17) is 5.11 Å². The average Bonchev–Trinajstić information content (AvgIpc) is 2.82. The number of nitrogens with zero attached hydrogens (tertiary/aromatic N) is 1. The van der Waals surface area contributed by atoms with Gasteiger partial charge in [0.25, 0.3) is 0 Å². The van der Waals surface area contributed by atoms with Gasteiger partial charge < -0.3 is 10.4 Å². The van der Waals surface area contributed by atoms with Crippen LogP contribution in [0.4, 0.5) is 5.82 Å². The van der Waals surface area contributed by atoms with Gasteiger partial charge in [-0.3, -0.25) is 14.7 Å². The quantitative estimate of drug-likeness (QED) is 0.807. The lowest BCUT2D eigenvalue weighted by molar-refractivity contribution is -0.140. The molecule has 0 bridgehead atoms. The zero-order valence-corrected chi connectivity index (χ0v) is 12.3. The van der Waals surface area contributed by atoms with Crippen molar-refractivity contribution < 1.29 is 14.7 Å². The van der Waals surface area contributed by atoms with Crippen molar-refractivity contribution in [2.24, 2.45) is 17.3 Å². The maximum atomic E-state index is 12.2. The summed E-state index contributed by atoms with van der Waals surface area (Å²) in [6, 6.07) is 11.4. The lowest BCUT2D eigenvalue weighted by Crippen LogP contribution is -2.17. The van der Waals surface area contributed by atoms with Gasteiger partial charge in [-0.25, -0.2) is 0 Å². The Hall–Kier alpha value is -2.63. The van der Waals surface area contributed by atoms with Crippen LogP contribution >= 0.6 is 0 Å². The number of hydrogen-bond acceptors (Lipinski definition) is 3. The predicted molar refractivity (Wildman–Crippen MR) is 81.1 cm³/mol. The monoisotopic (exact) mass is 299 g/mol. The number of carbonyl (C=O) groups excluding carboxylic acids is 1. The number of carboxylic acid groups (broad SMARTS) is 1. The summed E-state index contributed by atoms with van der Waals surface area (Å²) < 4.78 is 0. The van der Waals surface area contributed by atoms with Crippen LogP contribution in [0.5, 0.6) is 0 Å². The minimum atomic E-state index is -0.933. The highest BCUT2D eigenvalue weighted by atomic mass is 16.4. The molecule has 2 atom stereocenters. The van der Waals surface area contributed by atoms with Crippen LogP contribution in [0.15, 0.2) is 36.4 Å². The molecule has 0 spiro atoms. The van der Waals surface area contributed by atoms with Crippen molar-refractivity contribution in [3.8, 4) is 11.3 Å². The Bertz CT molecular complexity index is 721. The van der Waals surface area contributed by atoms with Gasteiger partial charge in [-0.15, -0.1) is 0 Å². The van der Waals surface area contributed by atoms with Crippen LogP contribution in [-0.2, 0) is 9.59 Å². The molecule has 1 amide bonds. The first-order chi connectivity index (χ1) is 10.4. The topological polar surface area (TPSA) is 95.1 Å². The van der Waals surface area contributed by atoms with Gasteiger partial charge >= 0.3 is 5.97 Å². The van der Waals surface area contributed by atoms with Crippen LogP contribution in [0, 0.1) is 17.3 Å². The summed E-state index contributed by atoms with van der Waals surface area (Å²) in [4.78, 5) is 23.4. The molecule has 1 heterocycles. The zero-order valence-electron chi connectivity index (χ0n) is 12.3. The first-order valence-electron chi connectivity index (χ1n) is 7.06. The smallest absolute Gasteiger partial charge is 0.307 e. The van der Waals surface area contributed by atoms with Gasteiger partial charge in [0, 0.05) is 6.07 Å². The largest absolute Gasteiger partial charge is 0.481 e. The molecule has 0 aliphatic heterocycles. The number of benzene rings is 1. The van der Waals surface area contributed by atoms with Crippen molar-refractivity contribution in [3.63, 3.8) is 0 Å². The van der Waals surface area contributed by atoms with Gasteiger partial charge in [0.15, 0.2) is 5.82 Å². The molecule has 1 saturated carbocycles. The van der Waals surface area contributed by atoms with E-state index in [0.29, 0.717) is 5.82 Å². The Morgan fingerprint density at radius 1 is 1.23 bits per heavy atom. The Labute approximate surface area is 127 Å². The summed E-state index contributed by atoms with van der Waals surface area (Å²) in [5.74, 6) is -2.00. The van der Waals surface area contributed by atoms with E-state index >= 15 is 0 Å². The molecule has 22 heavy (non-hydrogen) atoms. The molecular weight excluding hydrogens is 282 g/mol. The molecule has 1 fully saturated rings. The van der Waals surface area contributed by atoms with Gasteiger partial charge in [0.05, 0.1) is 17.5 Å². The van der Waals surface area contributed by atoms with E-state index < -0.39 is 23.2 Å². The van der Waals surface area contributed by atoms with Crippen LogP contribution in [0.3, 0.4) is 0 Å². The number of rotatable bonds is 4. The highest BCUT2D eigenvalue weighted by Crippen LogP contribution is 2.58. The Balaban J connectivity index is 1.71. The van der Waals surface area contributed by atoms with Crippen molar-refractivity contribution in [2.45, 2.75) is 13.8 Å². The number of aromatic amines is 1. The average molecular weight is 299 g/mol. The van der Waals surface area contributed by atoms with E-state index in [2.05, 4.69) is 15.5 Å². The standard InChI is InChI=1S/C16H17N3O3/c1-16(2)12(13(16)15(21)22)14(20)17-11-8-10(18-19-11)9-6-4-3-5-7-9/h3-8,12-13H,1-2H3,(H,21,22)(H2,17,18,19,20)/t12-,13+/m0/s1. The second-order valence-corrected chi connectivity index (χ2v) is 6.14. The molecule has 114 valence electrons. The number of carboxylic acids is 1. The third kappa shape index (κ3) is 2.36. The maximum Gasteiger partial charge on any atom is 0.307 e. The van der Waals surface area contributed by atoms with Crippen LogP contribution in [0.2, 0.25) is 0 Å². The fourth-order valence-electron chi connectivity index (χ4n) is 2.94. The minimum absolute atomic E-state index is 0.302. The Morgan fingerprint density at radius 2 is 1.91 bits per heavy atom. The summed E-state index contributed by atoms with van der Waals surface area (Å²) in [6.07, 6.45) is 0. The van der Waals surface area contributed by atoms with E-state index in [-0.39, 0.29) is 5.91 Å². The highest BCUT2D eigenvalue weighted by molar-refractivity contribution is 5.99. The van der Waals surface area contributed by atoms with Crippen LogP contribution in [-0.4, -0.2) is 27.2 Å². The summed E-state index contributed by atoms with van der Waals surface area (Å²) in [7, 11) is 0. The number of aliphatic carboxylic acids is 1. The molecule has 3 rings (SSSR count). The number of H-pyrrole nitrogens is 1. The lowest BCUT2D eigenvalue weighted by atomic mass is 10.1. The second kappa shape index (κ2) is 4.98. The van der Waals surface area contributed by atoms with Crippen molar-refractivity contribution in [1.29, 1.82) is 0 Å².